The molecule has 2 N–H and O–H groups in total. The van der Waals surface area contributed by atoms with Gasteiger partial charge in [-0.15, -0.1) is 0 Å². The Morgan fingerprint density at radius 2 is 2.42 bits per heavy atom. The number of carbonyl (C=O) groups is 1. The smallest absolute Gasteiger partial charge is 0.321 e. The number of amides is 2. The lowest BCUT2D eigenvalue weighted by Crippen LogP contribution is -2.34. The summed E-state index contributed by atoms with van der Waals surface area (Å²) in [6.07, 6.45) is 2.05. The van der Waals surface area contributed by atoms with Gasteiger partial charge in [0.15, 0.2) is 0 Å². The summed E-state index contributed by atoms with van der Waals surface area (Å²) in [5.74, 6) is 0.153. The fourth-order valence-electron chi connectivity index (χ4n) is 2.20. The summed E-state index contributed by atoms with van der Waals surface area (Å²) in [5.41, 5.74) is 1.25. The summed E-state index contributed by atoms with van der Waals surface area (Å²) in [4.78, 5) is 17.8. The van der Waals surface area contributed by atoms with E-state index in [0.29, 0.717) is 29.5 Å². The van der Waals surface area contributed by atoms with Crippen molar-refractivity contribution in [1.29, 1.82) is 0 Å². The van der Waals surface area contributed by atoms with E-state index in [9.17, 15) is 9.90 Å². The van der Waals surface area contributed by atoms with Gasteiger partial charge < -0.3 is 15.3 Å². The standard InChI is InChI=1S/C13H18ClN3O2/c1-8-12(14)11(3-5-15-8)16-13(19)17-6-4-10(7-17)9(2)18/h3,5,9-10,18H,4,6-7H2,1-2H3,(H,15,16,19)/t9-,10-/m1/s1. The van der Waals surface area contributed by atoms with Gasteiger partial charge in [-0.3, -0.25) is 4.98 Å². The van der Waals surface area contributed by atoms with E-state index in [0.717, 1.165) is 6.42 Å². The topological polar surface area (TPSA) is 65.5 Å². The summed E-state index contributed by atoms with van der Waals surface area (Å²) in [5, 5.41) is 12.8. The third-order valence-electron chi connectivity index (χ3n) is 3.50. The number of anilines is 1. The molecule has 1 aromatic rings. The first-order valence-electron chi connectivity index (χ1n) is 6.34. The highest BCUT2D eigenvalue weighted by atomic mass is 35.5. The van der Waals surface area contributed by atoms with Crippen LogP contribution in [0, 0.1) is 12.8 Å². The number of nitrogens with zero attached hydrogens (tertiary/aromatic N) is 2. The maximum absolute atomic E-state index is 12.1. The molecule has 0 aliphatic carbocycles. The van der Waals surface area contributed by atoms with Gasteiger partial charge in [0.05, 0.1) is 22.5 Å². The van der Waals surface area contributed by atoms with Crippen LogP contribution in [0.4, 0.5) is 10.5 Å². The zero-order valence-corrected chi connectivity index (χ0v) is 11.8. The van der Waals surface area contributed by atoms with Crippen molar-refractivity contribution >= 4 is 23.3 Å². The molecule has 104 valence electrons. The number of rotatable bonds is 2. The maximum atomic E-state index is 12.1. The Labute approximate surface area is 117 Å². The molecule has 1 fully saturated rings. The van der Waals surface area contributed by atoms with E-state index in [1.165, 1.54) is 0 Å². The molecule has 0 spiro atoms. The van der Waals surface area contributed by atoms with Crippen LogP contribution in [-0.2, 0) is 0 Å². The molecule has 0 unspecified atom stereocenters. The van der Waals surface area contributed by atoms with Crippen molar-refractivity contribution in [2.24, 2.45) is 5.92 Å². The van der Waals surface area contributed by atoms with Crippen molar-refractivity contribution in [3.8, 4) is 0 Å². The number of aliphatic hydroxyl groups is 1. The van der Waals surface area contributed by atoms with E-state index in [1.807, 2.05) is 0 Å². The lowest BCUT2D eigenvalue weighted by molar-refractivity contribution is 0.130. The number of nitrogens with one attached hydrogen (secondary N) is 1. The number of likely N-dealkylation sites (tertiary alicyclic amines) is 1. The van der Waals surface area contributed by atoms with Gasteiger partial charge in [-0.2, -0.15) is 0 Å². The third kappa shape index (κ3) is 3.16. The summed E-state index contributed by atoms with van der Waals surface area (Å²) < 4.78 is 0. The highest BCUT2D eigenvalue weighted by molar-refractivity contribution is 6.34. The average Bonchev–Trinajstić information content (AvgIpc) is 2.84. The minimum Gasteiger partial charge on any atom is -0.393 e. The average molecular weight is 284 g/mol. The predicted octanol–water partition coefficient (Wildman–Crippen LogP) is 2.28. The highest BCUT2D eigenvalue weighted by Gasteiger charge is 2.29. The molecule has 0 bridgehead atoms. The lowest BCUT2D eigenvalue weighted by Gasteiger charge is -2.19. The second-order valence-corrected chi connectivity index (χ2v) is 5.30. The third-order valence-corrected chi connectivity index (χ3v) is 3.98. The molecule has 2 heterocycles. The van der Waals surface area contributed by atoms with E-state index in [-0.39, 0.29) is 18.1 Å². The van der Waals surface area contributed by atoms with Crippen molar-refractivity contribution in [2.75, 3.05) is 18.4 Å². The fourth-order valence-corrected chi connectivity index (χ4v) is 2.36. The van der Waals surface area contributed by atoms with E-state index in [1.54, 1.807) is 31.0 Å². The van der Waals surface area contributed by atoms with Crippen LogP contribution in [0.15, 0.2) is 12.3 Å². The molecule has 6 heteroatoms. The zero-order chi connectivity index (χ0) is 14.0. The molecule has 1 aromatic heterocycles. The minimum atomic E-state index is -0.385. The van der Waals surface area contributed by atoms with E-state index in [4.69, 9.17) is 11.6 Å². The van der Waals surface area contributed by atoms with Gasteiger partial charge in [0.25, 0.3) is 0 Å². The SMILES string of the molecule is Cc1nccc(NC(=O)N2CC[C@@H]([C@@H](C)O)C2)c1Cl. The molecule has 0 saturated carbocycles. The monoisotopic (exact) mass is 283 g/mol. The van der Waals surface area contributed by atoms with Crippen LogP contribution in [0.3, 0.4) is 0 Å². The molecular weight excluding hydrogens is 266 g/mol. The van der Waals surface area contributed by atoms with E-state index >= 15 is 0 Å². The number of pyridine rings is 1. The van der Waals surface area contributed by atoms with Crippen LogP contribution in [0.25, 0.3) is 0 Å². The number of aromatic nitrogens is 1. The summed E-state index contributed by atoms with van der Waals surface area (Å²) in [6, 6.07) is 1.49. The summed E-state index contributed by atoms with van der Waals surface area (Å²) in [7, 11) is 0. The Kier molecular flexibility index (Phi) is 4.27. The first-order chi connectivity index (χ1) is 8.99. The van der Waals surface area contributed by atoms with Gasteiger partial charge in [-0.1, -0.05) is 11.6 Å². The molecule has 1 saturated heterocycles. The van der Waals surface area contributed by atoms with Crippen LogP contribution in [0.1, 0.15) is 19.0 Å². The maximum Gasteiger partial charge on any atom is 0.321 e. The normalized spacial score (nSPS) is 20.4. The van der Waals surface area contributed by atoms with Gasteiger partial charge in [-0.05, 0) is 26.3 Å². The first-order valence-corrected chi connectivity index (χ1v) is 6.72. The summed E-state index contributed by atoms with van der Waals surface area (Å²) in [6.45, 7) is 4.78. The largest absolute Gasteiger partial charge is 0.393 e. The number of hydrogen-bond acceptors (Lipinski definition) is 3. The second-order valence-electron chi connectivity index (χ2n) is 4.92. The van der Waals surface area contributed by atoms with Crippen LogP contribution in [0.2, 0.25) is 5.02 Å². The Morgan fingerprint density at radius 1 is 1.68 bits per heavy atom. The van der Waals surface area contributed by atoms with Crippen molar-refractivity contribution in [1.82, 2.24) is 9.88 Å². The molecule has 1 aliphatic heterocycles. The zero-order valence-electron chi connectivity index (χ0n) is 11.1. The Balaban J connectivity index is 2.00. The van der Waals surface area contributed by atoms with Crippen molar-refractivity contribution in [3.05, 3.63) is 23.0 Å². The van der Waals surface area contributed by atoms with E-state index < -0.39 is 0 Å². The Hall–Kier alpha value is -1.33. The van der Waals surface area contributed by atoms with E-state index in [2.05, 4.69) is 10.3 Å². The molecule has 5 nitrogen and oxygen atoms in total. The fraction of sp³-hybridized carbons (Fsp3) is 0.538. The number of carbonyl (C=O) groups excluding carboxylic acids is 1. The van der Waals surface area contributed by atoms with Gasteiger partial charge in [0.2, 0.25) is 0 Å². The highest BCUT2D eigenvalue weighted by Crippen LogP contribution is 2.25. The number of aliphatic hydroxyl groups excluding tert-OH is 1. The number of urea groups is 1. The molecule has 2 atom stereocenters. The van der Waals surface area contributed by atoms with Crippen LogP contribution >= 0.6 is 11.6 Å². The van der Waals surface area contributed by atoms with Gasteiger partial charge in [-0.25, -0.2) is 4.79 Å². The minimum absolute atomic E-state index is 0.153. The van der Waals surface area contributed by atoms with Crippen molar-refractivity contribution in [3.63, 3.8) is 0 Å². The quantitative estimate of drug-likeness (QED) is 0.875. The summed E-state index contributed by atoms with van der Waals surface area (Å²) >= 11 is 6.09. The van der Waals surface area contributed by atoms with Crippen molar-refractivity contribution in [2.45, 2.75) is 26.4 Å². The number of hydrogen-bond donors (Lipinski definition) is 2. The first kappa shape index (κ1) is 14.1. The molecule has 2 amide bonds. The van der Waals surface area contributed by atoms with Crippen LogP contribution in [0.5, 0.6) is 0 Å². The molecular formula is C13H18ClN3O2. The predicted molar refractivity (Wildman–Crippen MR) is 74.4 cm³/mol. The van der Waals surface area contributed by atoms with Gasteiger partial charge in [0, 0.05) is 25.2 Å². The van der Waals surface area contributed by atoms with Crippen molar-refractivity contribution < 1.29 is 9.90 Å². The van der Waals surface area contributed by atoms with Gasteiger partial charge in [0.1, 0.15) is 0 Å². The molecule has 1 aliphatic rings. The molecule has 0 radical (unpaired) electrons. The van der Waals surface area contributed by atoms with Crippen LogP contribution < -0.4 is 5.32 Å². The number of aryl methyl sites for hydroxylation is 1. The molecule has 2 rings (SSSR count). The van der Waals surface area contributed by atoms with Crippen LogP contribution in [-0.4, -0.2) is 40.2 Å². The Bertz CT molecular complexity index is 479. The molecule has 0 aromatic carbocycles. The Morgan fingerprint density at radius 3 is 3.05 bits per heavy atom. The number of halogens is 1. The second kappa shape index (κ2) is 5.75. The van der Waals surface area contributed by atoms with Gasteiger partial charge >= 0.3 is 6.03 Å². The molecule has 19 heavy (non-hydrogen) atoms. The lowest BCUT2D eigenvalue weighted by atomic mass is 10.0.